The van der Waals surface area contributed by atoms with Crippen LogP contribution in [0.2, 0.25) is 0 Å². The van der Waals surface area contributed by atoms with E-state index in [1.807, 2.05) is 24.3 Å². The second-order valence-corrected chi connectivity index (χ2v) is 5.53. The van der Waals surface area contributed by atoms with Crippen LogP contribution in [0.5, 0.6) is 5.75 Å². The number of nitrogen functional groups attached to an aromatic ring is 1. The molecule has 3 rings (SSSR count). The van der Waals surface area contributed by atoms with Gasteiger partial charge in [-0.2, -0.15) is 0 Å². The van der Waals surface area contributed by atoms with E-state index in [9.17, 15) is 5.11 Å². The zero-order valence-corrected chi connectivity index (χ0v) is 13.8. The summed E-state index contributed by atoms with van der Waals surface area (Å²) in [6.07, 6.45) is 3.60. The maximum absolute atomic E-state index is 9.62. The summed E-state index contributed by atoms with van der Waals surface area (Å²) in [7, 11) is 1.69. The van der Waals surface area contributed by atoms with Gasteiger partial charge < -0.3 is 21.9 Å². The van der Waals surface area contributed by atoms with Crippen LogP contribution >= 0.6 is 0 Å². The van der Waals surface area contributed by atoms with Crippen molar-refractivity contribution in [2.24, 2.45) is 15.7 Å². The van der Waals surface area contributed by atoms with Crippen molar-refractivity contribution in [2.45, 2.75) is 0 Å². The molecule has 0 amide bonds. The first kappa shape index (κ1) is 16.3. The molecule has 126 valence electrons. The molecule has 1 aliphatic carbocycles. The Labute approximate surface area is 145 Å². The van der Waals surface area contributed by atoms with Crippen LogP contribution in [0.3, 0.4) is 0 Å². The number of rotatable bonds is 3. The highest BCUT2D eigenvalue weighted by atomic mass is 16.3. The van der Waals surface area contributed by atoms with Crippen molar-refractivity contribution < 1.29 is 5.11 Å². The zero-order chi connectivity index (χ0) is 17.8. The molecule has 2 aromatic rings. The minimum Gasteiger partial charge on any atom is -0.508 e. The Morgan fingerprint density at radius 2 is 1.72 bits per heavy atom. The SMILES string of the molecule is CN=C1C=C(N)C(=Nc2ccc(N)cc2)C=C1Nc1cccc(O)c1. The number of nitrogens with two attached hydrogens (primary N) is 2. The number of benzene rings is 2. The van der Waals surface area contributed by atoms with Gasteiger partial charge in [-0.05, 0) is 48.6 Å². The van der Waals surface area contributed by atoms with Crippen LogP contribution < -0.4 is 16.8 Å². The smallest absolute Gasteiger partial charge is 0.117 e. The highest BCUT2D eigenvalue weighted by Gasteiger charge is 2.15. The summed E-state index contributed by atoms with van der Waals surface area (Å²) in [5.74, 6) is 0.183. The first-order chi connectivity index (χ1) is 12.0. The Hall–Kier alpha value is -3.54. The minimum absolute atomic E-state index is 0.183. The first-order valence-corrected chi connectivity index (χ1v) is 7.72. The fourth-order valence-electron chi connectivity index (χ4n) is 2.40. The van der Waals surface area contributed by atoms with E-state index in [-0.39, 0.29) is 5.75 Å². The number of hydrogen-bond donors (Lipinski definition) is 4. The topological polar surface area (TPSA) is 109 Å². The number of nitrogens with one attached hydrogen (secondary N) is 1. The van der Waals surface area contributed by atoms with Crippen molar-refractivity contribution in [3.63, 3.8) is 0 Å². The lowest BCUT2D eigenvalue weighted by Crippen LogP contribution is -2.22. The molecular weight excluding hydrogens is 314 g/mol. The van der Waals surface area contributed by atoms with Gasteiger partial charge in [0.2, 0.25) is 0 Å². The first-order valence-electron chi connectivity index (χ1n) is 7.72. The second kappa shape index (κ2) is 6.92. The molecule has 0 aromatic heterocycles. The van der Waals surface area contributed by atoms with Gasteiger partial charge in [0, 0.05) is 24.5 Å². The summed E-state index contributed by atoms with van der Waals surface area (Å²) in [4.78, 5) is 8.81. The Kier molecular flexibility index (Phi) is 4.52. The molecule has 0 bridgehead atoms. The molecule has 0 unspecified atom stereocenters. The summed E-state index contributed by atoms with van der Waals surface area (Å²) >= 11 is 0. The summed E-state index contributed by atoms with van der Waals surface area (Å²) in [5, 5.41) is 12.9. The highest BCUT2D eigenvalue weighted by Crippen LogP contribution is 2.22. The Morgan fingerprint density at radius 1 is 0.960 bits per heavy atom. The van der Waals surface area contributed by atoms with E-state index in [0.29, 0.717) is 22.8 Å². The van der Waals surface area contributed by atoms with Gasteiger partial charge in [-0.3, -0.25) is 4.99 Å². The zero-order valence-electron chi connectivity index (χ0n) is 13.8. The van der Waals surface area contributed by atoms with Crippen LogP contribution in [0.4, 0.5) is 17.1 Å². The molecule has 0 radical (unpaired) electrons. The number of phenols is 1. The predicted octanol–water partition coefficient (Wildman–Crippen LogP) is 2.97. The van der Waals surface area contributed by atoms with E-state index in [1.54, 1.807) is 43.5 Å². The van der Waals surface area contributed by atoms with Crippen LogP contribution in [0.15, 0.2) is 82.1 Å². The van der Waals surface area contributed by atoms with Crippen LogP contribution in [-0.2, 0) is 0 Å². The second-order valence-electron chi connectivity index (χ2n) is 5.53. The molecule has 0 aliphatic heterocycles. The molecule has 1 aliphatic rings. The molecule has 25 heavy (non-hydrogen) atoms. The van der Waals surface area contributed by atoms with Crippen molar-refractivity contribution in [3.8, 4) is 5.75 Å². The molecule has 0 atom stereocenters. The lowest BCUT2D eigenvalue weighted by atomic mass is 10.0. The number of allylic oxidation sites excluding steroid dienone is 2. The molecular formula is C19H19N5O. The van der Waals surface area contributed by atoms with Gasteiger partial charge in [0.15, 0.2) is 0 Å². The van der Waals surface area contributed by atoms with Crippen LogP contribution in [-0.4, -0.2) is 23.6 Å². The van der Waals surface area contributed by atoms with Gasteiger partial charge >= 0.3 is 0 Å². The molecule has 0 fully saturated rings. The molecule has 0 saturated carbocycles. The molecule has 0 saturated heterocycles. The summed E-state index contributed by atoms with van der Waals surface area (Å²) in [6, 6.07) is 14.1. The standard InChI is InChI=1S/C19H19N5O/c1-22-18-10-16(21)17(23-13-7-5-12(20)6-8-13)11-19(18)24-14-3-2-4-15(25)9-14/h2-11,24-25H,20-21H2,1H3. The van der Waals surface area contributed by atoms with E-state index < -0.39 is 0 Å². The maximum Gasteiger partial charge on any atom is 0.117 e. The molecule has 2 aromatic carbocycles. The van der Waals surface area contributed by atoms with Crippen LogP contribution in [0.25, 0.3) is 0 Å². The summed E-state index contributed by atoms with van der Waals surface area (Å²) < 4.78 is 0. The largest absolute Gasteiger partial charge is 0.508 e. The number of anilines is 2. The van der Waals surface area contributed by atoms with E-state index in [4.69, 9.17) is 11.5 Å². The van der Waals surface area contributed by atoms with Crippen LogP contribution in [0, 0.1) is 0 Å². The number of hydrogen-bond acceptors (Lipinski definition) is 6. The monoisotopic (exact) mass is 333 g/mol. The Balaban J connectivity index is 1.96. The lowest BCUT2D eigenvalue weighted by molar-refractivity contribution is 0.475. The number of aliphatic imine (C=N–C) groups is 2. The van der Waals surface area contributed by atoms with Crippen molar-refractivity contribution in [1.82, 2.24) is 0 Å². The van der Waals surface area contributed by atoms with Gasteiger partial charge in [-0.25, -0.2) is 4.99 Å². The summed E-state index contributed by atoms with van der Waals surface area (Å²) in [5.41, 5.74) is 16.6. The average molecular weight is 333 g/mol. The van der Waals surface area contributed by atoms with Crippen molar-refractivity contribution >= 4 is 28.5 Å². The molecule has 6 N–H and O–H groups in total. The fourth-order valence-corrected chi connectivity index (χ4v) is 2.40. The van der Waals surface area contributed by atoms with E-state index in [1.165, 1.54) is 0 Å². The predicted molar refractivity (Wildman–Crippen MR) is 103 cm³/mol. The molecule has 6 nitrogen and oxygen atoms in total. The van der Waals surface area contributed by atoms with Gasteiger partial charge in [0.1, 0.15) is 5.75 Å². The Bertz CT molecular complexity index is 908. The van der Waals surface area contributed by atoms with Gasteiger partial charge in [0.05, 0.1) is 28.5 Å². The molecule has 0 heterocycles. The Morgan fingerprint density at radius 3 is 2.40 bits per heavy atom. The third kappa shape index (κ3) is 3.87. The minimum atomic E-state index is 0.183. The van der Waals surface area contributed by atoms with Gasteiger partial charge in [-0.1, -0.05) is 6.07 Å². The van der Waals surface area contributed by atoms with Gasteiger partial charge in [-0.15, -0.1) is 0 Å². The van der Waals surface area contributed by atoms with Crippen LogP contribution in [0.1, 0.15) is 0 Å². The normalized spacial score (nSPS) is 17.3. The van der Waals surface area contributed by atoms with E-state index >= 15 is 0 Å². The van der Waals surface area contributed by atoms with Crippen molar-refractivity contribution in [2.75, 3.05) is 18.1 Å². The number of nitrogens with zero attached hydrogens (tertiary/aromatic N) is 2. The molecule has 6 heteroatoms. The average Bonchev–Trinajstić information content (AvgIpc) is 2.59. The molecule has 0 spiro atoms. The lowest BCUT2D eigenvalue weighted by Gasteiger charge is -2.17. The van der Waals surface area contributed by atoms with Crippen molar-refractivity contribution in [1.29, 1.82) is 0 Å². The third-order valence-corrected chi connectivity index (χ3v) is 3.65. The quantitative estimate of drug-likeness (QED) is 0.511. The fraction of sp³-hybridized carbons (Fsp3) is 0.0526. The third-order valence-electron chi connectivity index (χ3n) is 3.65. The van der Waals surface area contributed by atoms with E-state index in [2.05, 4.69) is 15.3 Å². The summed E-state index contributed by atoms with van der Waals surface area (Å²) in [6.45, 7) is 0. The maximum atomic E-state index is 9.62. The number of aromatic hydroxyl groups is 1. The van der Waals surface area contributed by atoms with E-state index in [0.717, 1.165) is 17.1 Å². The van der Waals surface area contributed by atoms with Crippen molar-refractivity contribution in [3.05, 3.63) is 72.1 Å². The van der Waals surface area contributed by atoms with Gasteiger partial charge in [0.25, 0.3) is 0 Å². The highest BCUT2D eigenvalue weighted by molar-refractivity contribution is 6.24. The number of phenolic OH excluding ortho intramolecular Hbond substituents is 1.